The number of aliphatic carboxylic acids is 1. The smallest absolute Gasteiger partial charge is 0.328 e. The number of aliphatic hydroxyl groups is 1. The van der Waals surface area contributed by atoms with Gasteiger partial charge in [0.15, 0.2) is 0 Å². The van der Waals surface area contributed by atoms with Gasteiger partial charge in [-0.3, -0.25) is 19.2 Å². The Bertz CT molecular complexity index is 673. The molecule has 0 rings (SSSR count). The number of rotatable bonds is 17. The lowest BCUT2D eigenvalue weighted by atomic mass is 10.0. The van der Waals surface area contributed by atoms with Crippen LogP contribution in [0.1, 0.15) is 52.4 Å². The highest BCUT2D eigenvalue weighted by atomic mass is 16.4. The second-order valence-corrected chi connectivity index (χ2v) is 8.23. The Labute approximate surface area is 193 Å². The van der Waals surface area contributed by atoms with Crippen molar-refractivity contribution in [2.24, 2.45) is 23.1 Å². The van der Waals surface area contributed by atoms with Gasteiger partial charge in [0.1, 0.15) is 18.1 Å². The van der Waals surface area contributed by atoms with Gasteiger partial charge in [-0.05, 0) is 44.6 Å². The first kappa shape index (κ1) is 30.2. The summed E-state index contributed by atoms with van der Waals surface area (Å²) in [6.07, 6.45) is 1.44. The maximum absolute atomic E-state index is 12.9. The lowest BCUT2D eigenvalue weighted by molar-refractivity contribution is -0.143. The fraction of sp³-hybridized carbons (Fsp3) is 0.750. The molecular weight excluding hydrogens is 436 g/mol. The monoisotopic (exact) mass is 474 g/mol. The highest BCUT2D eigenvalue weighted by Crippen LogP contribution is 2.08. The average Bonchev–Trinajstić information content (AvgIpc) is 2.73. The maximum Gasteiger partial charge on any atom is 0.328 e. The van der Waals surface area contributed by atoms with Crippen molar-refractivity contribution in [2.45, 2.75) is 76.5 Å². The predicted molar refractivity (Wildman–Crippen MR) is 119 cm³/mol. The van der Waals surface area contributed by atoms with E-state index in [4.69, 9.17) is 27.4 Å². The van der Waals surface area contributed by atoms with Gasteiger partial charge in [-0.25, -0.2) is 4.79 Å². The lowest BCUT2D eigenvalue weighted by Crippen LogP contribution is -2.57. The van der Waals surface area contributed by atoms with E-state index in [1.807, 2.05) is 13.8 Å². The molecule has 0 radical (unpaired) electrons. The van der Waals surface area contributed by atoms with Crippen LogP contribution in [0.2, 0.25) is 0 Å². The van der Waals surface area contributed by atoms with Crippen LogP contribution in [0.4, 0.5) is 0 Å². The number of unbranched alkanes of at least 4 members (excludes halogenated alkanes) is 1. The molecular formula is C20H38N6O7. The second-order valence-electron chi connectivity index (χ2n) is 8.23. The van der Waals surface area contributed by atoms with Crippen molar-refractivity contribution in [2.75, 3.05) is 13.2 Å². The number of amides is 4. The molecule has 4 unspecified atom stereocenters. The van der Waals surface area contributed by atoms with Crippen LogP contribution in [0.25, 0.3) is 0 Å². The van der Waals surface area contributed by atoms with Crippen molar-refractivity contribution in [3.8, 4) is 0 Å². The Kier molecular flexibility index (Phi) is 14.6. The van der Waals surface area contributed by atoms with Gasteiger partial charge in [-0.2, -0.15) is 0 Å². The highest BCUT2D eigenvalue weighted by molar-refractivity contribution is 5.94. The summed E-state index contributed by atoms with van der Waals surface area (Å²) in [5.41, 5.74) is 16.3. The van der Waals surface area contributed by atoms with Crippen LogP contribution in [-0.2, 0) is 24.0 Å². The summed E-state index contributed by atoms with van der Waals surface area (Å²) in [5.74, 6) is -4.15. The topological polar surface area (TPSA) is 240 Å². The Hall–Kier alpha value is -2.77. The molecule has 0 saturated carbocycles. The Morgan fingerprint density at radius 2 is 1.39 bits per heavy atom. The highest BCUT2D eigenvalue weighted by Gasteiger charge is 2.30. The molecule has 0 aliphatic carbocycles. The third-order valence-corrected chi connectivity index (χ3v) is 4.76. The lowest BCUT2D eigenvalue weighted by Gasteiger charge is -2.26. The van der Waals surface area contributed by atoms with Gasteiger partial charge in [-0.15, -0.1) is 0 Å². The molecule has 0 saturated heterocycles. The first-order valence-electron chi connectivity index (χ1n) is 10.9. The van der Waals surface area contributed by atoms with Crippen LogP contribution in [0.3, 0.4) is 0 Å². The number of nitrogens with two attached hydrogens (primary N) is 3. The zero-order chi connectivity index (χ0) is 25.6. The second kappa shape index (κ2) is 15.9. The summed E-state index contributed by atoms with van der Waals surface area (Å²) in [6.45, 7) is 3.19. The third-order valence-electron chi connectivity index (χ3n) is 4.76. The predicted octanol–water partition coefficient (Wildman–Crippen LogP) is -2.71. The fourth-order valence-corrected chi connectivity index (χ4v) is 2.90. The molecule has 0 heterocycles. The zero-order valence-electron chi connectivity index (χ0n) is 19.2. The molecule has 0 aromatic heterocycles. The summed E-state index contributed by atoms with van der Waals surface area (Å²) in [5, 5.41) is 25.5. The van der Waals surface area contributed by atoms with Gasteiger partial charge in [0.2, 0.25) is 23.6 Å². The van der Waals surface area contributed by atoms with Crippen LogP contribution < -0.4 is 33.2 Å². The van der Waals surface area contributed by atoms with E-state index in [-0.39, 0.29) is 31.6 Å². The van der Waals surface area contributed by atoms with Gasteiger partial charge in [0.25, 0.3) is 0 Å². The third kappa shape index (κ3) is 12.7. The summed E-state index contributed by atoms with van der Waals surface area (Å²) in [4.78, 5) is 59.9. The zero-order valence-corrected chi connectivity index (χ0v) is 19.2. The van der Waals surface area contributed by atoms with E-state index in [1.54, 1.807) is 0 Å². The van der Waals surface area contributed by atoms with E-state index in [0.717, 1.165) is 0 Å². The van der Waals surface area contributed by atoms with Crippen molar-refractivity contribution >= 4 is 29.6 Å². The number of carboxylic acid groups (broad SMARTS) is 1. The number of nitrogens with one attached hydrogen (secondary N) is 3. The molecule has 13 heteroatoms. The number of hydrogen-bond acceptors (Lipinski definition) is 8. The van der Waals surface area contributed by atoms with Gasteiger partial charge < -0.3 is 43.4 Å². The molecule has 0 fully saturated rings. The molecule has 0 spiro atoms. The minimum Gasteiger partial charge on any atom is -0.480 e. The summed E-state index contributed by atoms with van der Waals surface area (Å²) in [7, 11) is 0. The standard InChI is InChI=1S/C20H38N6O7/c1-11(2)9-14(19(31)26-15(10-27)20(32)33)25-18(30)13(5-3-4-8-21)24-17(29)12(22)6-7-16(23)28/h11-15,27H,3-10,21-22H2,1-2H3,(H2,23,28)(H,24,29)(H,25,30)(H,26,31)(H,32,33). The Morgan fingerprint density at radius 1 is 0.848 bits per heavy atom. The van der Waals surface area contributed by atoms with Gasteiger partial charge >= 0.3 is 5.97 Å². The van der Waals surface area contributed by atoms with Crippen molar-refractivity contribution < 1.29 is 34.2 Å². The van der Waals surface area contributed by atoms with E-state index in [9.17, 15) is 24.0 Å². The van der Waals surface area contributed by atoms with Crippen molar-refractivity contribution in [3.63, 3.8) is 0 Å². The van der Waals surface area contributed by atoms with Gasteiger partial charge in [0, 0.05) is 6.42 Å². The van der Waals surface area contributed by atoms with Crippen molar-refractivity contribution in [1.82, 2.24) is 16.0 Å². The molecule has 0 bridgehead atoms. The number of carbonyl (C=O) groups excluding carboxylic acids is 4. The number of carbonyl (C=O) groups is 5. The van der Waals surface area contributed by atoms with Crippen LogP contribution in [0.5, 0.6) is 0 Å². The molecule has 190 valence electrons. The van der Waals surface area contributed by atoms with E-state index in [0.29, 0.717) is 19.4 Å². The van der Waals surface area contributed by atoms with Crippen LogP contribution in [0.15, 0.2) is 0 Å². The van der Waals surface area contributed by atoms with Crippen LogP contribution >= 0.6 is 0 Å². The van der Waals surface area contributed by atoms with E-state index in [2.05, 4.69) is 16.0 Å². The molecule has 0 aromatic rings. The first-order valence-corrected chi connectivity index (χ1v) is 10.9. The molecule has 0 aromatic carbocycles. The number of primary amides is 1. The van der Waals surface area contributed by atoms with Gasteiger partial charge in [0.05, 0.1) is 12.6 Å². The molecule has 4 amide bonds. The van der Waals surface area contributed by atoms with Crippen LogP contribution in [0, 0.1) is 5.92 Å². The molecule has 11 N–H and O–H groups in total. The summed E-state index contributed by atoms with van der Waals surface area (Å²) >= 11 is 0. The normalized spacial score (nSPS) is 14.6. The number of carboxylic acids is 1. The molecule has 33 heavy (non-hydrogen) atoms. The van der Waals surface area contributed by atoms with Crippen molar-refractivity contribution in [3.05, 3.63) is 0 Å². The molecule has 4 atom stereocenters. The summed E-state index contributed by atoms with van der Waals surface area (Å²) < 4.78 is 0. The SMILES string of the molecule is CC(C)CC(NC(=O)C(CCCCN)NC(=O)C(N)CCC(N)=O)C(=O)NC(CO)C(=O)O. The van der Waals surface area contributed by atoms with E-state index >= 15 is 0 Å². The largest absolute Gasteiger partial charge is 0.480 e. The number of hydrogen-bond donors (Lipinski definition) is 8. The molecule has 0 aliphatic heterocycles. The van der Waals surface area contributed by atoms with E-state index in [1.165, 1.54) is 0 Å². The minimum absolute atomic E-state index is 0.00836. The maximum atomic E-state index is 12.9. The molecule has 13 nitrogen and oxygen atoms in total. The van der Waals surface area contributed by atoms with Gasteiger partial charge in [-0.1, -0.05) is 13.8 Å². The fourth-order valence-electron chi connectivity index (χ4n) is 2.90. The minimum atomic E-state index is -1.52. The quantitative estimate of drug-likeness (QED) is 0.102. The summed E-state index contributed by atoms with van der Waals surface area (Å²) in [6, 6.07) is -4.70. The van der Waals surface area contributed by atoms with Crippen molar-refractivity contribution in [1.29, 1.82) is 0 Å². The van der Waals surface area contributed by atoms with Crippen LogP contribution in [-0.4, -0.2) is 77.1 Å². The number of aliphatic hydroxyl groups excluding tert-OH is 1. The average molecular weight is 475 g/mol. The molecule has 0 aliphatic rings. The first-order chi connectivity index (χ1) is 15.4. The Balaban J connectivity index is 5.39. The van der Waals surface area contributed by atoms with E-state index < -0.39 is 60.4 Å². The Morgan fingerprint density at radius 3 is 1.88 bits per heavy atom.